The Kier molecular flexibility index (Phi) is 5.78. The summed E-state index contributed by atoms with van der Waals surface area (Å²) in [5.41, 5.74) is 2.22. The number of carbonyl (C=O) groups is 1. The van der Waals surface area contributed by atoms with Crippen molar-refractivity contribution in [1.82, 2.24) is 5.32 Å². The molecular formula is C18H18BrNO2. The Bertz CT molecular complexity index is 660. The zero-order valence-corrected chi connectivity index (χ0v) is 14.2. The molecular weight excluding hydrogens is 342 g/mol. The van der Waals surface area contributed by atoms with Gasteiger partial charge >= 0.3 is 0 Å². The van der Waals surface area contributed by atoms with Gasteiger partial charge in [0.15, 0.2) is 0 Å². The molecule has 3 nitrogen and oxygen atoms in total. The Morgan fingerprint density at radius 2 is 1.59 bits per heavy atom. The summed E-state index contributed by atoms with van der Waals surface area (Å²) in [6, 6.07) is 15.6. The highest BCUT2D eigenvalue weighted by molar-refractivity contribution is 9.10. The van der Waals surface area contributed by atoms with Crippen LogP contribution in [0.5, 0.6) is 11.5 Å². The molecule has 0 saturated carbocycles. The molecule has 0 aliphatic carbocycles. The summed E-state index contributed by atoms with van der Waals surface area (Å²) in [5, 5.41) is 2.75. The maximum atomic E-state index is 10.8. The lowest BCUT2D eigenvalue weighted by Gasteiger charge is -2.07. The summed E-state index contributed by atoms with van der Waals surface area (Å²) < 4.78 is 6.81. The fourth-order valence-corrected chi connectivity index (χ4v) is 2.15. The average molecular weight is 360 g/mol. The highest BCUT2D eigenvalue weighted by Crippen LogP contribution is 2.24. The number of allylic oxidation sites excluding steroid dienone is 1. The van der Waals surface area contributed by atoms with Crippen LogP contribution in [0.15, 0.2) is 59.1 Å². The third-order valence-corrected chi connectivity index (χ3v) is 3.65. The van der Waals surface area contributed by atoms with Gasteiger partial charge in [-0.1, -0.05) is 34.1 Å². The molecule has 2 aromatic carbocycles. The molecule has 0 atom stereocenters. The van der Waals surface area contributed by atoms with Gasteiger partial charge in [-0.3, -0.25) is 4.79 Å². The maximum absolute atomic E-state index is 10.8. The van der Waals surface area contributed by atoms with Crippen molar-refractivity contribution >= 4 is 27.4 Å². The summed E-state index contributed by atoms with van der Waals surface area (Å²) in [5.74, 6) is 1.57. The second-order valence-electron chi connectivity index (χ2n) is 4.90. The molecule has 0 aliphatic rings. The van der Waals surface area contributed by atoms with E-state index in [9.17, 15) is 4.79 Å². The quantitative estimate of drug-likeness (QED) is 0.833. The number of ether oxygens (including phenoxy) is 1. The highest BCUT2D eigenvalue weighted by Gasteiger charge is 2.00. The SMILES string of the molecule is CC(=O)NCC=C(C)c1ccc(Oc2ccc(Br)cc2)cc1. The van der Waals surface area contributed by atoms with Gasteiger partial charge < -0.3 is 10.1 Å². The normalized spacial score (nSPS) is 11.1. The molecule has 1 N–H and O–H groups in total. The third kappa shape index (κ3) is 5.04. The Hall–Kier alpha value is -2.07. The molecule has 114 valence electrons. The lowest BCUT2D eigenvalue weighted by Crippen LogP contribution is -2.19. The van der Waals surface area contributed by atoms with E-state index < -0.39 is 0 Å². The van der Waals surface area contributed by atoms with Gasteiger partial charge in [0.25, 0.3) is 0 Å². The second-order valence-corrected chi connectivity index (χ2v) is 5.82. The minimum atomic E-state index is -0.0257. The summed E-state index contributed by atoms with van der Waals surface area (Å²) in [6.07, 6.45) is 1.99. The number of hydrogen-bond acceptors (Lipinski definition) is 2. The monoisotopic (exact) mass is 359 g/mol. The molecule has 0 radical (unpaired) electrons. The van der Waals surface area contributed by atoms with Crippen molar-refractivity contribution in [3.63, 3.8) is 0 Å². The number of hydrogen-bond donors (Lipinski definition) is 1. The molecule has 0 spiro atoms. The summed E-state index contributed by atoms with van der Waals surface area (Å²) in [7, 11) is 0. The van der Waals surface area contributed by atoms with Crippen LogP contribution in [-0.2, 0) is 4.79 Å². The van der Waals surface area contributed by atoms with Gasteiger partial charge in [0.2, 0.25) is 5.91 Å². The number of rotatable bonds is 5. The van der Waals surface area contributed by atoms with Gasteiger partial charge in [-0.25, -0.2) is 0 Å². The first-order valence-corrected chi connectivity index (χ1v) is 7.79. The van der Waals surface area contributed by atoms with Crippen LogP contribution in [0.2, 0.25) is 0 Å². The van der Waals surface area contributed by atoms with Crippen LogP contribution in [0.4, 0.5) is 0 Å². The second kappa shape index (κ2) is 7.80. The fourth-order valence-electron chi connectivity index (χ4n) is 1.89. The predicted molar refractivity (Wildman–Crippen MR) is 93.0 cm³/mol. The summed E-state index contributed by atoms with van der Waals surface area (Å²) in [4.78, 5) is 10.8. The Morgan fingerprint density at radius 3 is 2.14 bits per heavy atom. The van der Waals surface area contributed by atoms with E-state index in [0.717, 1.165) is 27.1 Å². The van der Waals surface area contributed by atoms with Crippen LogP contribution in [0.1, 0.15) is 19.4 Å². The highest BCUT2D eigenvalue weighted by atomic mass is 79.9. The lowest BCUT2D eigenvalue weighted by molar-refractivity contribution is -0.118. The first kappa shape index (κ1) is 16.3. The minimum absolute atomic E-state index is 0.0257. The third-order valence-electron chi connectivity index (χ3n) is 3.12. The number of amides is 1. The van der Waals surface area contributed by atoms with Crippen LogP contribution in [-0.4, -0.2) is 12.5 Å². The first-order chi connectivity index (χ1) is 10.5. The van der Waals surface area contributed by atoms with Crippen molar-refractivity contribution in [1.29, 1.82) is 0 Å². The molecule has 2 rings (SSSR count). The molecule has 4 heteroatoms. The van der Waals surface area contributed by atoms with Crippen molar-refractivity contribution in [3.05, 3.63) is 64.6 Å². The first-order valence-electron chi connectivity index (χ1n) is 6.99. The standard InChI is InChI=1S/C18H18BrNO2/c1-13(11-12-20-14(2)21)15-3-7-17(8-4-15)22-18-9-5-16(19)6-10-18/h3-11H,12H2,1-2H3,(H,20,21). The molecule has 2 aromatic rings. The minimum Gasteiger partial charge on any atom is -0.457 e. The Labute approximate surface area is 139 Å². The molecule has 1 amide bonds. The summed E-state index contributed by atoms with van der Waals surface area (Å²) >= 11 is 3.40. The number of carbonyl (C=O) groups excluding carboxylic acids is 1. The molecule has 0 aromatic heterocycles. The molecule has 0 unspecified atom stereocenters. The number of nitrogens with one attached hydrogen (secondary N) is 1. The number of halogens is 1. The Balaban J connectivity index is 2.00. The van der Waals surface area contributed by atoms with E-state index in [0.29, 0.717) is 6.54 Å². The molecule has 0 saturated heterocycles. The number of benzene rings is 2. The van der Waals surface area contributed by atoms with E-state index in [1.165, 1.54) is 6.92 Å². The van der Waals surface area contributed by atoms with Crippen LogP contribution in [0.3, 0.4) is 0 Å². The van der Waals surface area contributed by atoms with Crippen LogP contribution < -0.4 is 10.1 Å². The molecule has 0 bridgehead atoms. The van der Waals surface area contributed by atoms with Gasteiger partial charge in [-0.2, -0.15) is 0 Å². The van der Waals surface area contributed by atoms with Crippen molar-refractivity contribution in [2.45, 2.75) is 13.8 Å². The van der Waals surface area contributed by atoms with E-state index in [-0.39, 0.29) is 5.91 Å². The van der Waals surface area contributed by atoms with Gasteiger partial charge in [0.05, 0.1) is 0 Å². The van der Waals surface area contributed by atoms with Gasteiger partial charge in [0, 0.05) is 17.9 Å². The van der Waals surface area contributed by atoms with Gasteiger partial charge in [-0.05, 0) is 54.5 Å². The topological polar surface area (TPSA) is 38.3 Å². The lowest BCUT2D eigenvalue weighted by atomic mass is 10.1. The summed E-state index contributed by atoms with van der Waals surface area (Å²) in [6.45, 7) is 4.07. The van der Waals surface area contributed by atoms with E-state index >= 15 is 0 Å². The van der Waals surface area contributed by atoms with E-state index in [2.05, 4.69) is 21.2 Å². The molecule has 0 heterocycles. The fraction of sp³-hybridized carbons (Fsp3) is 0.167. The molecule has 22 heavy (non-hydrogen) atoms. The van der Waals surface area contributed by atoms with E-state index in [1.807, 2.05) is 61.5 Å². The Morgan fingerprint density at radius 1 is 1.05 bits per heavy atom. The zero-order chi connectivity index (χ0) is 15.9. The molecule has 0 aliphatic heterocycles. The van der Waals surface area contributed by atoms with Crippen LogP contribution in [0, 0.1) is 0 Å². The van der Waals surface area contributed by atoms with Gasteiger partial charge in [-0.15, -0.1) is 0 Å². The van der Waals surface area contributed by atoms with Crippen LogP contribution >= 0.6 is 15.9 Å². The van der Waals surface area contributed by atoms with E-state index in [4.69, 9.17) is 4.74 Å². The van der Waals surface area contributed by atoms with Crippen molar-refractivity contribution in [3.8, 4) is 11.5 Å². The van der Waals surface area contributed by atoms with Crippen LogP contribution in [0.25, 0.3) is 5.57 Å². The van der Waals surface area contributed by atoms with E-state index in [1.54, 1.807) is 0 Å². The predicted octanol–water partition coefficient (Wildman–Crippen LogP) is 4.78. The van der Waals surface area contributed by atoms with Crippen molar-refractivity contribution < 1.29 is 9.53 Å². The smallest absolute Gasteiger partial charge is 0.217 e. The maximum Gasteiger partial charge on any atom is 0.217 e. The largest absolute Gasteiger partial charge is 0.457 e. The average Bonchev–Trinajstić information content (AvgIpc) is 2.50. The van der Waals surface area contributed by atoms with Gasteiger partial charge in [0.1, 0.15) is 11.5 Å². The molecule has 0 fully saturated rings. The van der Waals surface area contributed by atoms with Crippen molar-refractivity contribution in [2.75, 3.05) is 6.54 Å². The van der Waals surface area contributed by atoms with Crippen molar-refractivity contribution in [2.24, 2.45) is 0 Å². The zero-order valence-electron chi connectivity index (χ0n) is 12.6.